The van der Waals surface area contributed by atoms with Gasteiger partial charge in [0.25, 0.3) is 15.9 Å². The quantitative estimate of drug-likeness (QED) is 0.661. The van der Waals surface area contributed by atoms with Crippen LogP contribution in [0.15, 0.2) is 71.6 Å². The summed E-state index contributed by atoms with van der Waals surface area (Å²) in [6, 6.07) is 19.0. The molecule has 0 saturated heterocycles. The summed E-state index contributed by atoms with van der Waals surface area (Å²) < 4.78 is 27.7. The maximum Gasteiger partial charge on any atom is 0.261 e. The van der Waals surface area contributed by atoms with E-state index < -0.39 is 10.0 Å². The van der Waals surface area contributed by atoms with Gasteiger partial charge in [-0.1, -0.05) is 41.5 Å². The molecular weight excluding hydrogens is 372 g/mol. The summed E-state index contributed by atoms with van der Waals surface area (Å²) in [7, 11) is -3.71. The lowest BCUT2D eigenvalue weighted by molar-refractivity contribution is 0.102. The van der Waals surface area contributed by atoms with Crippen LogP contribution < -0.4 is 10.0 Å². The Kier molecular flexibility index (Phi) is 5.51. The van der Waals surface area contributed by atoms with Gasteiger partial charge in [0.05, 0.1) is 10.6 Å². The number of amides is 1. The topological polar surface area (TPSA) is 75.3 Å². The molecule has 28 heavy (non-hydrogen) atoms. The molecule has 0 aliphatic rings. The lowest BCUT2D eigenvalue weighted by Gasteiger charge is -2.13. The third-order valence-electron chi connectivity index (χ3n) is 4.35. The molecular formula is C22H22N2O3S. The van der Waals surface area contributed by atoms with Crippen molar-refractivity contribution >= 4 is 27.3 Å². The smallest absolute Gasteiger partial charge is 0.261 e. The molecule has 0 aromatic heterocycles. The van der Waals surface area contributed by atoms with Crippen molar-refractivity contribution in [3.8, 4) is 0 Å². The van der Waals surface area contributed by atoms with E-state index in [4.69, 9.17) is 0 Å². The van der Waals surface area contributed by atoms with Crippen molar-refractivity contribution < 1.29 is 13.2 Å². The molecule has 0 atom stereocenters. The number of aryl methyl sites for hydroxylation is 3. The lowest BCUT2D eigenvalue weighted by Crippen LogP contribution is -2.15. The van der Waals surface area contributed by atoms with Gasteiger partial charge >= 0.3 is 0 Å². The van der Waals surface area contributed by atoms with Crippen LogP contribution >= 0.6 is 0 Å². The normalized spacial score (nSPS) is 11.1. The first kappa shape index (κ1) is 19.6. The molecule has 0 fully saturated rings. The minimum atomic E-state index is -3.71. The Bertz CT molecular complexity index is 1120. The SMILES string of the molecule is Cc1ccc(S(=O)(=O)Nc2ccc(C)c(NC(=O)c3cccc(C)c3)c2)cc1. The Labute approximate surface area is 165 Å². The molecule has 2 N–H and O–H groups in total. The van der Waals surface area contributed by atoms with E-state index in [1.807, 2.05) is 32.9 Å². The van der Waals surface area contributed by atoms with Gasteiger partial charge in [-0.15, -0.1) is 0 Å². The third kappa shape index (κ3) is 4.58. The van der Waals surface area contributed by atoms with Crippen molar-refractivity contribution in [2.75, 3.05) is 10.0 Å². The Hall–Kier alpha value is -3.12. The molecule has 144 valence electrons. The van der Waals surface area contributed by atoms with E-state index >= 15 is 0 Å². The summed E-state index contributed by atoms with van der Waals surface area (Å²) in [6.45, 7) is 5.67. The van der Waals surface area contributed by atoms with Crippen LogP contribution in [0.2, 0.25) is 0 Å². The highest BCUT2D eigenvalue weighted by Crippen LogP contribution is 2.24. The number of hydrogen-bond acceptors (Lipinski definition) is 3. The monoisotopic (exact) mass is 394 g/mol. The van der Waals surface area contributed by atoms with Crippen LogP contribution in [-0.4, -0.2) is 14.3 Å². The van der Waals surface area contributed by atoms with Gasteiger partial charge in [-0.2, -0.15) is 0 Å². The second-order valence-electron chi connectivity index (χ2n) is 6.77. The van der Waals surface area contributed by atoms with Crippen molar-refractivity contribution in [1.29, 1.82) is 0 Å². The van der Waals surface area contributed by atoms with Gasteiger partial charge in [0.2, 0.25) is 0 Å². The summed E-state index contributed by atoms with van der Waals surface area (Å²) in [5, 5.41) is 2.85. The van der Waals surface area contributed by atoms with E-state index in [1.54, 1.807) is 54.6 Å². The predicted molar refractivity (Wildman–Crippen MR) is 112 cm³/mol. The first-order chi connectivity index (χ1) is 13.2. The highest BCUT2D eigenvalue weighted by atomic mass is 32.2. The third-order valence-corrected chi connectivity index (χ3v) is 5.75. The molecule has 3 aromatic carbocycles. The van der Waals surface area contributed by atoms with Gasteiger partial charge in [0.15, 0.2) is 0 Å². The average Bonchev–Trinajstić information content (AvgIpc) is 2.64. The summed E-state index contributed by atoms with van der Waals surface area (Å²) in [5.74, 6) is -0.245. The van der Waals surface area contributed by atoms with Crippen molar-refractivity contribution in [2.24, 2.45) is 0 Å². The van der Waals surface area contributed by atoms with Crippen molar-refractivity contribution in [2.45, 2.75) is 25.7 Å². The fourth-order valence-electron chi connectivity index (χ4n) is 2.73. The molecule has 3 aromatic rings. The van der Waals surface area contributed by atoms with Crippen LogP contribution in [0, 0.1) is 20.8 Å². The molecule has 0 heterocycles. The number of sulfonamides is 1. The van der Waals surface area contributed by atoms with E-state index in [0.29, 0.717) is 16.9 Å². The molecule has 0 saturated carbocycles. The van der Waals surface area contributed by atoms with Crippen LogP contribution in [0.5, 0.6) is 0 Å². The first-order valence-electron chi connectivity index (χ1n) is 8.83. The second kappa shape index (κ2) is 7.86. The number of anilines is 2. The van der Waals surface area contributed by atoms with Crippen LogP contribution in [0.1, 0.15) is 27.0 Å². The van der Waals surface area contributed by atoms with E-state index in [0.717, 1.165) is 16.7 Å². The van der Waals surface area contributed by atoms with Gasteiger partial charge in [-0.05, 0) is 62.7 Å². The van der Waals surface area contributed by atoms with E-state index in [-0.39, 0.29) is 10.8 Å². The molecule has 5 nitrogen and oxygen atoms in total. The van der Waals surface area contributed by atoms with Crippen LogP contribution in [-0.2, 0) is 10.0 Å². The molecule has 0 aliphatic heterocycles. The fraction of sp³-hybridized carbons (Fsp3) is 0.136. The van der Waals surface area contributed by atoms with Gasteiger partial charge in [0.1, 0.15) is 0 Å². The van der Waals surface area contributed by atoms with Crippen molar-refractivity contribution in [1.82, 2.24) is 0 Å². The summed E-state index contributed by atoms with van der Waals surface area (Å²) >= 11 is 0. The number of carbonyl (C=O) groups excluding carboxylic acids is 1. The molecule has 3 rings (SSSR count). The largest absolute Gasteiger partial charge is 0.322 e. The second-order valence-corrected chi connectivity index (χ2v) is 8.45. The Balaban J connectivity index is 1.83. The minimum absolute atomic E-state index is 0.184. The molecule has 0 radical (unpaired) electrons. The van der Waals surface area contributed by atoms with Crippen molar-refractivity contribution in [3.63, 3.8) is 0 Å². The van der Waals surface area contributed by atoms with E-state index in [2.05, 4.69) is 10.0 Å². The highest BCUT2D eigenvalue weighted by molar-refractivity contribution is 7.92. The Morgan fingerprint density at radius 2 is 1.54 bits per heavy atom. The van der Waals surface area contributed by atoms with E-state index in [1.165, 1.54) is 0 Å². The van der Waals surface area contributed by atoms with E-state index in [9.17, 15) is 13.2 Å². The molecule has 6 heteroatoms. The maximum absolute atomic E-state index is 12.6. The molecule has 0 bridgehead atoms. The van der Waals surface area contributed by atoms with Gasteiger partial charge in [0, 0.05) is 11.3 Å². The molecule has 0 aliphatic carbocycles. The summed E-state index contributed by atoms with van der Waals surface area (Å²) in [6.07, 6.45) is 0. The van der Waals surface area contributed by atoms with Crippen LogP contribution in [0.25, 0.3) is 0 Å². The van der Waals surface area contributed by atoms with Gasteiger partial charge < -0.3 is 5.32 Å². The number of rotatable bonds is 5. The maximum atomic E-state index is 12.6. The zero-order valence-corrected chi connectivity index (χ0v) is 16.8. The number of hydrogen-bond donors (Lipinski definition) is 2. The van der Waals surface area contributed by atoms with Gasteiger partial charge in [-0.3, -0.25) is 9.52 Å². The minimum Gasteiger partial charge on any atom is -0.322 e. The average molecular weight is 394 g/mol. The highest BCUT2D eigenvalue weighted by Gasteiger charge is 2.15. The number of benzene rings is 3. The standard InChI is InChI=1S/C22H22N2O3S/c1-15-7-11-20(12-8-15)28(26,27)24-19-10-9-17(3)21(14-19)23-22(25)18-6-4-5-16(2)13-18/h4-14,24H,1-3H3,(H,23,25). The van der Waals surface area contributed by atoms with Crippen LogP contribution in [0.4, 0.5) is 11.4 Å². The summed E-state index contributed by atoms with van der Waals surface area (Å²) in [5.41, 5.74) is 4.28. The summed E-state index contributed by atoms with van der Waals surface area (Å²) in [4.78, 5) is 12.7. The lowest BCUT2D eigenvalue weighted by atomic mass is 10.1. The predicted octanol–water partition coefficient (Wildman–Crippen LogP) is 4.66. The van der Waals surface area contributed by atoms with Crippen LogP contribution in [0.3, 0.4) is 0 Å². The molecule has 0 unspecified atom stereocenters. The fourth-order valence-corrected chi connectivity index (χ4v) is 3.78. The zero-order chi connectivity index (χ0) is 20.3. The van der Waals surface area contributed by atoms with Crippen molar-refractivity contribution in [3.05, 3.63) is 89.0 Å². The first-order valence-corrected chi connectivity index (χ1v) is 10.3. The number of carbonyl (C=O) groups is 1. The number of nitrogens with one attached hydrogen (secondary N) is 2. The Morgan fingerprint density at radius 1 is 0.821 bits per heavy atom. The molecule has 1 amide bonds. The Morgan fingerprint density at radius 3 is 2.21 bits per heavy atom. The molecule has 0 spiro atoms. The van der Waals surface area contributed by atoms with Gasteiger partial charge in [-0.25, -0.2) is 8.42 Å². The zero-order valence-electron chi connectivity index (χ0n) is 16.0.